The molecule has 2 rings (SSSR count). The summed E-state index contributed by atoms with van der Waals surface area (Å²) in [7, 11) is 2.02. The minimum Gasteiger partial charge on any atom is -0.317 e. The van der Waals surface area contributed by atoms with Gasteiger partial charge in [0.25, 0.3) is 0 Å². The Morgan fingerprint density at radius 2 is 2.06 bits per heavy atom. The van der Waals surface area contributed by atoms with Crippen molar-refractivity contribution < 1.29 is 0 Å². The zero-order valence-corrected chi connectivity index (χ0v) is 10.5. The Labute approximate surface area is 97.5 Å². The van der Waals surface area contributed by atoms with Gasteiger partial charge >= 0.3 is 0 Å². The Bertz CT molecular complexity index is 345. The normalized spacial score (nSPS) is 25.9. The number of aromatic nitrogens is 3. The number of hydrogen-bond acceptors (Lipinski definition) is 3. The molecule has 1 aliphatic rings. The molecule has 1 saturated carbocycles. The molecule has 2 atom stereocenters. The van der Waals surface area contributed by atoms with E-state index in [0.29, 0.717) is 6.04 Å². The SMILES string of the molecule is Cc1nnc(CNC2CCCCC2C)n1C. The Balaban J connectivity index is 1.89. The van der Waals surface area contributed by atoms with E-state index in [1.54, 1.807) is 0 Å². The van der Waals surface area contributed by atoms with Gasteiger partial charge in [-0.2, -0.15) is 0 Å². The van der Waals surface area contributed by atoms with Crippen molar-refractivity contribution in [2.45, 2.75) is 52.1 Å². The Hall–Kier alpha value is -0.900. The van der Waals surface area contributed by atoms with Crippen molar-refractivity contribution in [1.29, 1.82) is 0 Å². The summed E-state index contributed by atoms with van der Waals surface area (Å²) in [5.74, 6) is 2.81. The molecule has 0 spiro atoms. The van der Waals surface area contributed by atoms with Crippen molar-refractivity contribution >= 4 is 0 Å². The van der Waals surface area contributed by atoms with Crippen molar-refractivity contribution in [1.82, 2.24) is 20.1 Å². The van der Waals surface area contributed by atoms with E-state index in [-0.39, 0.29) is 0 Å². The third-order valence-corrected chi connectivity index (χ3v) is 3.82. The van der Waals surface area contributed by atoms with Gasteiger partial charge in [-0.25, -0.2) is 0 Å². The van der Waals surface area contributed by atoms with E-state index in [4.69, 9.17) is 0 Å². The fraction of sp³-hybridized carbons (Fsp3) is 0.833. The second-order valence-corrected chi connectivity index (χ2v) is 4.97. The van der Waals surface area contributed by atoms with Crippen LogP contribution in [0, 0.1) is 12.8 Å². The van der Waals surface area contributed by atoms with E-state index < -0.39 is 0 Å². The maximum Gasteiger partial charge on any atom is 0.146 e. The molecule has 4 nitrogen and oxygen atoms in total. The van der Waals surface area contributed by atoms with Crippen LogP contribution in [0.2, 0.25) is 0 Å². The average molecular weight is 222 g/mol. The summed E-state index contributed by atoms with van der Waals surface area (Å²) in [6, 6.07) is 0.658. The van der Waals surface area contributed by atoms with Gasteiger partial charge < -0.3 is 9.88 Å². The van der Waals surface area contributed by atoms with Gasteiger partial charge in [-0.15, -0.1) is 10.2 Å². The minimum absolute atomic E-state index is 0.658. The van der Waals surface area contributed by atoms with E-state index in [0.717, 1.165) is 24.1 Å². The molecular formula is C12H22N4. The van der Waals surface area contributed by atoms with Gasteiger partial charge in [-0.3, -0.25) is 0 Å². The molecule has 1 aromatic rings. The lowest BCUT2D eigenvalue weighted by atomic mass is 9.86. The third kappa shape index (κ3) is 2.43. The van der Waals surface area contributed by atoms with E-state index in [2.05, 4.69) is 27.0 Å². The molecule has 90 valence electrons. The second kappa shape index (κ2) is 4.95. The number of nitrogens with zero attached hydrogens (tertiary/aromatic N) is 3. The fourth-order valence-corrected chi connectivity index (χ4v) is 2.45. The van der Waals surface area contributed by atoms with E-state index in [9.17, 15) is 0 Å². The summed E-state index contributed by atoms with van der Waals surface area (Å²) in [6.45, 7) is 5.17. The summed E-state index contributed by atoms with van der Waals surface area (Å²) in [5, 5.41) is 11.9. The topological polar surface area (TPSA) is 42.7 Å². The molecule has 0 aliphatic heterocycles. The van der Waals surface area contributed by atoms with Gasteiger partial charge in [0.15, 0.2) is 0 Å². The minimum atomic E-state index is 0.658. The van der Waals surface area contributed by atoms with Gasteiger partial charge in [0.1, 0.15) is 11.6 Å². The highest BCUT2D eigenvalue weighted by molar-refractivity contribution is 4.93. The smallest absolute Gasteiger partial charge is 0.146 e. The van der Waals surface area contributed by atoms with Gasteiger partial charge in [0, 0.05) is 13.1 Å². The molecule has 1 heterocycles. The first-order chi connectivity index (χ1) is 7.68. The van der Waals surface area contributed by atoms with Crippen LogP contribution in [0.3, 0.4) is 0 Å². The highest BCUT2D eigenvalue weighted by Crippen LogP contribution is 2.23. The van der Waals surface area contributed by atoms with Gasteiger partial charge in [0.2, 0.25) is 0 Å². The molecule has 0 aromatic carbocycles. The summed E-state index contributed by atoms with van der Waals surface area (Å²) in [5.41, 5.74) is 0. The summed E-state index contributed by atoms with van der Waals surface area (Å²) < 4.78 is 2.06. The Morgan fingerprint density at radius 3 is 2.69 bits per heavy atom. The van der Waals surface area contributed by atoms with Crippen molar-refractivity contribution in [3.63, 3.8) is 0 Å². The molecule has 1 aliphatic carbocycles. The van der Waals surface area contributed by atoms with Crippen molar-refractivity contribution in [2.24, 2.45) is 13.0 Å². The first-order valence-corrected chi connectivity index (χ1v) is 6.26. The second-order valence-electron chi connectivity index (χ2n) is 4.97. The molecule has 0 amide bonds. The van der Waals surface area contributed by atoms with Crippen molar-refractivity contribution in [2.75, 3.05) is 0 Å². The molecule has 1 fully saturated rings. The first-order valence-electron chi connectivity index (χ1n) is 6.26. The van der Waals surface area contributed by atoms with Crippen LogP contribution < -0.4 is 5.32 Å². The van der Waals surface area contributed by atoms with Gasteiger partial charge in [0.05, 0.1) is 6.54 Å². The first kappa shape index (κ1) is 11.6. The van der Waals surface area contributed by atoms with Crippen LogP contribution in [0.25, 0.3) is 0 Å². The largest absolute Gasteiger partial charge is 0.317 e. The number of aryl methyl sites for hydroxylation is 1. The molecule has 1 aromatic heterocycles. The highest BCUT2D eigenvalue weighted by Gasteiger charge is 2.21. The highest BCUT2D eigenvalue weighted by atomic mass is 15.3. The fourth-order valence-electron chi connectivity index (χ4n) is 2.45. The molecule has 0 saturated heterocycles. The Kier molecular flexibility index (Phi) is 3.59. The molecular weight excluding hydrogens is 200 g/mol. The summed E-state index contributed by atoms with van der Waals surface area (Å²) >= 11 is 0. The Morgan fingerprint density at radius 1 is 1.31 bits per heavy atom. The molecule has 0 bridgehead atoms. The average Bonchev–Trinajstić information content (AvgIpc) is 2.59. The standard InChI is InChI=1S/C12H22N4/c1-9-6-4-5-7-11(9)13-8-12-15-14-10(2)16(12)3/h9,11,13H,4-8H2,1-3H3. The van der Waals surface area contributed by atoms with Gasteiger partial charge in [-0.05, 0) is 25.7 Å². The summed E-state index contributed by atoms with van der Waals surface area (Å²) in [4.78, 5) is 0. The zero-order valence-electron chi connectivity index (χ0n) is 10.5. The van der Waals surface area contributed by atoms with Crippen LogP contribution in [0.5, 0.6) is 0 Å². The number of hydrogen-bond donors (Lipinski definition) is 1. The molecule has 2 unspecified atom stereocenters. The van der Waals surface area contributed by atoms with Gasteiger partial charge in [-0.1, -0.05) is 19.8 Å². The monoisotopic (exact) mass is 222 g/mol. The summed E-state index contributed by atoms with van der Waals surface area (Å²) in [6.07, 6.45) is 5.41. The lowest BCUT2D eigenvalue weighted by molar-refractivity contribution is 0.277. The van der Waals surface area contributed by atoms with Crippen LogP contribution in [0.1, 0.15) is 44.3 Å². The van der Waals surface area contributed by atoms with Crippen LogP contribution in [-0.2, 0) is 13.6 Å². The maximum absolute atomic E-state index is 4.18. The number of rotatable bonds is 3. The molecule has 16 heavy (non-hydrogen) atoms. The van der Waals surface area contributed by atoms with E-state index in [1.165, 1.54) is 25.7 Å². The molecule has 4 heteroatoms. The van der Waals surface area contributed by atoms with Crippen molar-refractivity contribution in [3.05, 3.63) is 11.6 Å². The maximum atomic E-state index is 4.18. The van der Waals surface area contributed by atoms with Crippen molar-refractivity contribution in [3.8, 4) is 0 Å². The lowest BCUT2D eigenvalue weighted by Gasteiger charge is -2.29. The van der Waals surface area contributed by atoms with Crippen LogP contribution in [0.15, 0.2) is 0 Å². The van der Waals surface area contributed by atoms with Crippen LogP contribution >= 0.6 is 0 Å². The van der Waals surface area contributed by atoms with E-state index in [1.807, 2.05) is 14.0 Å². The van der Waals surface area contributed by atoms with Crippen LogP contribution in [-0.4, -0.2) is 20.8 Å². The quantitative estimate of drug-likeness (QED) is 0.848. The molecule has 0 radical (unpaired) electrons. The predicted octanol–water partition coefficient (Wildman–Crippen LogP) is 1.79. The molecule has 1 N–H and O–H groups in total. The van der Waals surface area contributed by atoms with E-state index >= 15 is 0 Å². The zero-order chi connectivity index (χ0) is 11.5. The third-order valence-electron chi connectivity index (χ3n) is 3.82. The number of nitrogens with one attached hydrogen (secondary N) is 1. The predicted molar refractivity (Wildman–Crippen MR) is 64.0 cm³/mol. The lowest BCUT2D eigenvalue weighted by Crippen LogP contribution is -2.37. The van der Waals surface area contributed by atoms with Crippen LogP contribution in [0.4, 0.5) is 0 Å².